The van der Waals surface area contributed by atoms with Gasteiger partial charge in [-0.3, -0.25) is 4.79 Å². The minimum absolute atomic E-state index is 0.153. The fourth-order valence-corrected chi connectivity index (χ4v) is 2.84. The molecule has 1 amide bonds. The van der Waals surface area contributed by atoms with Gasteiger partial charge in [-0.05, 0) is 31.0 Å². The van der Waals surface area contributed by atoms with Gasteiger partial charge in [-0.25, -0.2) is 0 Å². The molecular weight excluding hydrogens is 282 g/mol. The number of nitrogens with one attached hydrogen (secondary N) is 2. The minimum Gasteiger partial charge on any atom is -0.479 e. The molecule has 1 aromatic carbocycles. The van der Waals surface area contributed by atoms with Crippen LogP contribution in [-0.2, 0) is 4.79 Å². The van der Waals surface area contributed by atoms with E-state index in [1.807, 2.05) is 18.2 Å². The number of rotatable bonds is 4. The summed E-state index contributed by atoms with van der Waals surface area (Å²) in [6, 6.07) is 5.49. The molecule has 1 aromatic rings. The molecule has 0 bridgehead atoms. The molecular formula is C16H23N3O3. The largest absolute Gasteiger partial charge is 0.479 e. The molecule has 2 heterocycles. The van der Waals surface area contributed by atoms with Crippen LogP contribution in [0.3, 0.4) is 0 Å². The topological polar surface area (TPSA) is 73.8 Å². The van der Waals surface area contributed by atoms with Crippen LogP contribution in [0.2, 0.25) is 0 Å². The number of piperazine rings is 1. The highest BCUT2D eigenvalue weighted by atomic mass is 16.5. The average molecular weight is 305 g/mol. The van der Waals surface area contributed by atoms with Crippen molar-refractivity contribution < 1.29 is 14.6 Å². The lowest BCUT2D eigenvalue weighted by Gasteiger charge is -2.28. The molecule has 2 aliphatic heterocycles. The molecule has 0 spiro atoms. The van der Waals surface area contributed by atoms with Crippen molar-refractivity contribution in [2.24, 2.45) is 0 Å². The third kappa shape index (κ3) is 3.40. The Morgan fingerprint density at radius 3 is 2.95 bits per heavy atom. The van der Waals surface area contributed by atoms with Crippen molar-refractivity contribution in [3.8, 4) is 5.75 Å². The van der Waals surface area contributed by atoms with Crippen LogP contribution < -0.4 is 15.4 Å². The van der Waals surface area contributed by atoms with E-state index in [0.29, 0.717) is 17.9 Å². The minimum atomic E-state index is -0.531. The highest BCUT2D eigenvalue weighted by Gasteiger charge is 2.24. The van der Waals surface area contributed by atoms with Gasteiger partial charge in [-0.1, -0.05) is 6.07 Å². The van der Waals surface area contributed by atoms with Crippen molar-refractivity contribution in [3.63, 3.8) is 0 Å². The predicted molar refractivity (Wildman–Crippen MR) is 84.0 cm³/mol. The number of amides is 1. The summed E-state index contributed by atoms with van der Waals surface area (Å²) < 4.78 is 5.53. The van der Waals surface area contributed by atoms with Gasteiger partial charge >= 0.3 is 0 Å². The summed E-state index contributed by atoms with van der Waals surface area (Å²) >= 11 is 0. The Kier molecular flexibility index (Phi) is 4.61. The van der Waals surface area contributed by atoms with Crippen molar-refractivity contribution in [2.45, 2.75) is 25.6 Å². The second-order valence-electron chi connectivity index (χ2n) is 5.90. The second kappa shape index (κ2) is 6.64. The Morgan fingerprint density at radius 2 is 2.18 bits per heavy atom. The Labute approximate surface area is 130 Å². The van der Waals surface area contributed by atoms with Crippen molar-refractivity contribution in [2.75, 3.05) is 38.0 Å². The fourth-order valence-electron chi connectivity index (χ4n) is 2.84. The zero-order valence-electron chi connectivity index (χ0n) is 12.8. The predicted octanol–water partition coefficient (Wildman–Crippen LogP) is 0.735. The van der Waals surface area contributed by atoms with Gasteiger partial charge in [0.1, 0.15) is 5.75 Å². The Bertz CT molecular complexity index is 543. The van der Waals surface area contributed by atoms with E-state index in [2.05, 4.69) is 15.5 Å². The maximum Gasteiger partial charge on any atom is 0.265 e. The zero-order chi connectivity index (χ0) is 15.5. The average Bonchev–Trinajstić information content (AvgIpc) is 2.54. The first kappa shape index (κ1) is 15.3. The smallest absolute Gasteiger partial charge is 0.265 e. The van der Waals surface area contributed by atoms with E-state index >= 15 is 0 Å². The second-order valence-corrected chi connectivity index (χ2v) is 5.90. The summed E-state index contributed by atoms with van der Waals surface area (Å²) in [5.41, 5.74) is 1.45. The van der Waals surface area contributed by atoms with Gasteiger partial charge in [0.05, 0.1) is 11.8 Å². The van der Waals surface area contributed by atoms with Crippen molar-refractivity contribution >= 4 is 11.6 Å². The summed E-state index contributed by atoms with van der Waals surface area (Å²) in [6.07, 6.45) is -0.322. The summed E-state index contributed by atoms with van der Waals surface area (Å²) in [5, 5.41) is 16.5. The van der Waals surface area contributed by atoms with E-state index in [-0.39, 0.29) is 5.91 Å². The molecule has 2 atom stereocenters. The first-order valence-electron chi connectivity index (χ1n) is 7.86. The van der Waals surface area contributed by atoms with Gasteiger partial charge in [0.25, 0.3) is 5.91 Å². The Hall–Kier alpha value is -1.63. The molecule has 0 aliphatic carbocycles. The van der Waals surface area contributed by atoms with Crippen LogP contribution in [0, 0.1) is 0 Å². The van der Waals surface area contributed by atoms with E-state index in [1.54, 1.807) is 6.92 Å². The van der Waals surface area contributed by atoms with Crippen molar-refractivity contribution in [1.82, 2.24) is 10.2 Å². The third-order valence-electron chi connectivity index (χ3n) is 4.25. The lowest BCUT2D eigenvalue weighted by Crippen LogP contribution is -2.44. The van der Waals surface area contributed by atoms with Gasteiger partial charge in [0.2, 0.25) is 0 Å². The molecule has 1 fully saturated rings. The number of nitrogens with zero attached hydrogens (tertiary/aromatic N) is 1. The lowest BCUT2D eigenvalue weighted by atomic mass is 10.0. The van der Waals surface area contributed by atoms with Gasteiger partial charge in [0, 0.05) is 32.7 Å². The van der Waals surface area contributed by atoms with Gasteiger partial charge in [0.15, 0.2) is 6.10 Å². The van der Waals surface area contributed by atoms with E-state index in [9.17, 15) is 9.90 Å². The molecule has 1 saturated heterocycles. The molecule has 22 heavy (non-hydrogen) atoms. The Morgan fingerprint density at radius 1 is 1.41 bits per heavy atom. The molecule has 6 heteroatoms. The fraction of sp³-hybridized carbons (Fsp3) is 0.562. The summed E-state index contributed by atoms with van der Waals surface area (Å²) in [6.45, 7) is 6.67. The number of aliphatic hydroxyl groups excluding tert-OH is 1. The molecule has 0 saturated carbocycles. The first-order valence-corrected chi connectivity index (χ1v) is 7.86. The number of hydrogen-bond donors (Lipinski definition) is 3. The number of ether oxygens (including phenoxy) is 1. The van der Waals surface area contributed by atoms with E-state index in [4.69, 9.17) is 4.74 Å². The van der Waals surface area contributed by atoms with Crippen LogP contribution in [0.5, 0.6) is 5.75 Å². The number of fused-ring (bicyclic) bond motifs is 1. The highest BCUT2D eigenvalue weighted by molar-refractivity contribution is 5.97. The van der Waals surface area contributed by atoms with E-state index < -0.39 is 12.2 Å². The van der Waals surface area contributed by atoms with Crippen LogP contribution in [-0.4, -0.2) is 54.7 Å². The van der Waals surface area contributed by atoms with Crippen LogP contribution in [0.4, 0.5) is 5.69 Å². The number of benzene rings is 1. The SMILES string of the molecule is CC1Oc2ccc(C(O)CCN3CCNCC3)cc2NC1=O. The first-order chi connectivity index (χ1) is 10.6. The number of hydrogen-bond acceptors (Lipinski definition) is 5. The van der Waals surface area contributed by atoms with Gasteiger partial charge in [-0.2, -0.15) is 0 Å². The van der Waals surface area contributed by atoms with E-state index in [1.165, 1.54) is 0 Å². The number of carbonyl (C=O) groups is 1. The molecule has 0 radical (unpaired) electrons. The zero-order valence-corrected chi connectivity index (χ0v) is 12.8. The molecule has 6 nitrogen and oxygen atoms in total. The number of aliphatic hydroxyl groups is 1. The standard InChI is InChI=1S/C16H23N3O3/c1-11-16(21)18-13-10-12(2-3-15(13)22-11)14(20)4-7-19-8-5-17-6-9-19/h2-3,10-11,14,17,20H,4-9H2,1H3,(H,18,21). The maximum atomic E-state index is 11.7. The van der Waals surface area contributed by atoms with Crippen molar-refractivity contribution in [1.29, 1.82) is 0 Å². The van der Waals surface area contributed by atoms with Gasteiger partial charge in [-0.15, -0.1) is 0 Å². The highest BCUT2D eigenvalue weighted by Crippen LogP contribution is 2.32. The lowest BCUT2D eigenvalue weighted by molar-refractivity contribution is -0.122. The summed E-state index contributed by atoms with van der Waals surface area (Å²) in [7, 11) is 0. The van der Waals surface area contributed by atoms with Crippen LogP contribution in [0.1, 0.15) is 25.0 Å². The van der Waals surface area contributed by atoms with Crippen LogP contribution in [0.15, 0.2) is 18.2 Å². The molecule has 2 aliphatic rings. The number of anilines is 1. The monoisotopic (exact) mass is 305 g/mol. The normalized spacial score (nSPS) is 23.4. The summed E-state index contributed by atoms with van der Waals surface area (Å²) in [4.78, 5) is 14.0. The molecule has 3 rings (SSSR count). The van der Waals surface area contributed by atoms with Crippen LogP contribution in [0.25, 0.3) is 0 Å². The van der Waals surface area contributed by atoms with Crippen LogP contribution >= 0.6 is 0 Å². The Balaban J connectivity index is 1.62. The molecule has 120 valence electrons. The summed E-state index contributed by atoms with van der Waals surface area (Å²) in [5.74, 6) is 0.505. The maximum absolute atomic E-state index is 11.7. The van der Waals surface area contributed by atoms with Crippen molar-refractivity contribution in [3.05, 3.63) is 23.8 Å². The third-order valence-corrected chi connectivity index (χ3v) is 4.25. The van der Waals surface area contributed by atoms with Gasteiger partial charge < -0.3 is 25.4 Å². The molecule has 2 unspecified atom stereocenters. The molecule has 0 aromatic heterocycles. The number of carbonyl (C=O) groups excluding carboxylic acids is 1. The molecule has 3 N–H and O–H groups in total. The quantitative estimate of drug-likeness (QED) is 0.765. The van der Waals surface area contributed by atoms with E-state index in [0.717, 1.165) is 38.3 Å².